The summed E-state index contributed by atoms with van der Waals surface area (Å²) in [6.45, 7) is 6.38. The van der Waals surface area contributed by atoms with Crippen LogP contribution in [0.5, 0.6) is 0 Å². The van der Waals surface area contributed by atoms with E-state index >= 15 is 0 Å². The first kappa shape index (κ1) is 12.7. The van der Waals surface area contributed by atoms with Crippen molar-refractivity contribution in [2.75, 3.05) is 5.73 Å². The second kappa shape index (κ2) is 4.34. The quantitative estimate of drug-likeness (QED) is 0.735. The van der Waals surface area contributed by atoms with Gasteiger partial charge in [0.15, 0.2) is 5.65 Å². The van der Waals surface area contributed by atoms with Crippen molar-refractivity contribution in [2.45, 2.75) is 26.2 Å². The Morgan fingerprint density at radius 3 is 2.40 bits per heavy atom. The monoisotopic (exact) mass is 266 g/mol. The third-order valence-electron chi connectivity index (χ3n) is 3.29. The van der Waals surface area contributed by atoms with Crippen LogP contribution in [0.2, 0.25) is 0 Å². The smallest absolute Gasteiger partial charge is 0.158 e. The maximum Gasteiger partial charge on any atom is 0.158 e. The van der Waals surface area contributed by atoms with Crippen molar-refractivity contribution in [1.29, 1.82) is 0 Å². The number of nitrogens with zero attached hydrogens (tertiary/aromatic N) is 3. The lowest BCUT2D eigenvalue weighted by molar-refractivity contribution is 0.563. The number of rotatable bonds is 1. The molecule has 0 atom stereocenters. The third kappa shape index (κ3) is 2.13. The lowest BCUT2D eigenvalue weighted by Crippen LogP contribution is -2.12. The average Bonchev–Trinajstić information content (AvgIpc) is 2.84. The highest BCUT2D eigenvalue weighted by Gasteiger charge is 2.19. The Balaban J connectivity index is 2.19. The summed E-state index contributed by atoms with van der Waals surface area (Å²) in [5, 5.41) is 4.55. The first-order valence-corrected chi connectivity index (χ1v) is 6.67. The Morgan fingerprint density at radius 2 is 1.75 bits per heavy atom. The van der Waals surface area contributed by atoms with E-state index < -0.39 is 0 Å². The lowest BCUT2D eigenvalue weighted by Gasteiger charge is -2.13. The number of hydrogen-bond acceptors (Lipinski definition) is 3. The third-order valence-corrected chi connectivity index (χ3v) is 3.29. The van der Waals surface area contributed by atoms with Crippen LogP contribution in [0.4, 0.5) is 5.82 Å². The first-order chi connectivity index (χ1) is 9.45. The Morgan fingerprint density at radius 1 is 1.05 bits per heavy atom. The Kier molecular flexibility index (Phi) is 2.74. The van der Waals surface area contributed by atoms with Crippen LogP contribution in [0, 0.1) is 0 Å². The summed E-state index contributed by atoms with van der Waals surface area (Å²) in [4.78, 5) is 4.66. The summed E-state index contributed by atoms with van der Waals surface area (Å²) in [6.07, 6.45) is 0. The highest BCUT2D eigenvalue weighted by Crippen LogP contribution is 2.25. The molecule has 0 aliphatic carbocycles. The van der Waals surface area contributed by atoms with E-state index in [2.05, 4.69) is 30.9 Å². The van der Waals surface area contributed by atoms with Gasteiger partial charge in [0.2, 0.25) is 0 Å². The molecule has 102 valence electrons. The van der Waals surface area contributed by atoms with Gasteiger partial charge in [0, 0.05) is 23.1 Å². The predicted molar refractivity (Wildman–Crippen MR) is 81.5 cm³/mol. The lowest BCUT2D eigenvalue weighted by atomic mass is 9.93. The molecule has 0 radical (unpaired) electrons. The number of benzene rings is 1. The molecule has 20 heavy (non-hydrogen) atoms. The summed E-state index contributed by atoms with van der Waals surface area (Å²) in [6, 6.07) is 13.9. The predicted octanol–water partition coefficient (Wildman–Crippen LogP) is 3.28. The number of hydrogen-bond donors (Lipinski definition) is 1. The number of fused-ring (bicyclic) bond motifs is 1. The van der Waals surface area contributed by atoms with E-state index in [1.165, 1.54) is 0 Å². The second-order valence-electron chi connectivity index (χ2n) is 5.98. The van der Waals surface area contributed by atoms with E-state index in [0.717, 1.165) is 22.6 Å². The first-order valence-electron chi connectivity index (χ1n) is 6.67. The van der Waals surface area contributed by atoms with Crippen LogP contribution >= 0.6 is 0 Å². The van der Waals surface area contributed by atoms with Crippen LogP contribution in [0.25, 0.3) is 16.9 Å². The maximum absolute atomic E-state index is 6.11. The average molecular weight is 266 g/mol. The molecule has 3 rings (SSSR count). The molecule has 2 N–H and O–H groups in total. The fraction of sp³-hybridized carbons (Fsp3) is 0.250. The molecule has 2 heterocycles. The summed E-state index contributed by atoms with van der Waals surface area (Å²) in [7, 11) is 0. The zero-order valence-corrected chi connectivity index (χ0v) is 12.0. The van der Waals surface area contributed by atoms with E-state index in [1.54, 1.807) is 4.52 Å². The summed E-state index contributed by atoms with van der Waals surface area (Å²) in [5.74, 6) is 0.601. The van der Waals surface area contributed by atoms with Gasteiger partial charge in [-0.05, 0) is 0 Å². The highest BCUT2D eigenvalue weighted by atomic mass is 15.3. The van der Waals surface area contributed by atoms with Crippen LogP contribution in [-0.4, -0.2) is 14.6 Å². The van der Waals surface area contributed by atoms with Crippen LogP contribution in [-0.2, 0) is 5.41 Å². The molecule has 0 spiro atoms. The minimum absolute atomic E-state index is 0.0208. The van der Waals surface area contributed by atoms with E-state index in [1.807, 2.05) is 42.5 Å². The van der Waals surface area contributed by atoms with Crippen molar-refractivity contribution < 1.29 is 0 Å². The molecular formula is C16H18N4. The normalized spacial score (nSPS) is 11.9. The molecule has 0 aliphatic rings. The van der Waals surface area contributed by atoms with Crippen molar-refractivity contribution >= 4 is 11.5 Å². The SMILES string of the molecule is CC(C)(C)c1cc2nc(-c3ccccc3)cc(N)n2n1. The van der Waals surface area contributed by atoms with Crippen molar-refractivity contribution in [3.05, 3.63) is 48.2 Å². The molecule has 0 fully saturated rings. The van der Waals surface area contributed by atoms with Gasteiger partial charge >= 0.3 is 0 Å². The fourth-order valence-electron chi connectivity index (χ4n) is 2.12. The molecule has 0 unspecified atom stereocenters. The maximum atomic E-state index is 6.11. The highest BCUT2D eigenvalue weighted by molar-refractivity contribution is 5.65. The Bertz CT molecular complexity index is 751. The Labute approximate surface area is 118 Å². The number of nitrogen functional groups attached to an aromatic ring is 1. The number of aromatic nitrogens is 3. The Hall–Kier alpha value is -2.36. The van der Waals surface area contributed by atoms with E-state index in [0.29, 0.717) is 5.82 Å². The minimum atomic E-state index is -0.0208. The number of anilines is 1. The van der Waals surface area contributed by atoms with Crippen LogP contribution in [0.15, 0.2) is 42.5 Å². The van der Waals surface area contributed by atoms with Gasteiger partial charge in [0.25, 0.3) is 0 Å². The molecule has 0 amide bonds. The van der Waals surface area contributed by atoms with Gasteiger partial charge in [-0.2, -0.15) is 9.61 Å². The van der Waals surface area contributed by atoms with Gasteiger partial charge in [-0.3, -0.25) is 0 Å². The molecule has 0 saturated heterocycles. The second-order valence-corrected chi connectivity index (χ2v) is 5.98. The topological polar surface area (TPSA) is 56.2 Å². The van der Waals surface area contributed by atoms with Crippen molar-refractivity contribution in [3.8, 4) is 11.3 Å². The van der Waals surface area contributed by atoms with Crippen molar-refractivity contribution in [3.63, 3.8) is 0 Å². The molecule has 3 aromatic rings. The fourth-order valence-corrected chi connectivity index (χ4v) is 2.12. The summed E-state index contributed by atoms with van der Waals surface area (Å²) in [5.41, 5.74) is 9.79. The molecule has 0 saturated carbocycles. The zero-order chi connectivity index (χ0) is 14.3. The van der Waals surface area contributed by atoms with Gasteiger partial charge in [-0.1, -0.05) is 51.1 Å². The van der Waals surface area contributed by atoms with Crippen LogP contribution < -0.4 is 5.73 Å². The van der Waals surface area contributed by atoms with Crippen LogP contribution in [0.1, 0.15) is 26.5 Å². The van der Waals surface area contributed by atoms with Gasteiger partial charge in [-0.25, -0.2) is 4.98 Å². The van der Waals surface area contributed by atoms with Gasteiger partial charge in [-0.15, -0.1) is 0 Å². The summed E-state index contributed by atoms with van der Waals surface area (Å²) < 4.78 is 1.70. The van der Waals surface area contributed by atoms with E-state index in [-0.39, 0.29) is 5.41 Å². The molecule has 1 aromatic carbocycles. The van der Waals surface area contributed by atoms with E-state index in [4.69, 9.17) is 5.73 Å². The molecule has 2 aromatic heterocycles. The van der Waals surface area contributed by atoms with Crippen molar-refractivity contribution in [1.82, 2.24) is 14.6 Å². The van der Waals surface area contributed by atoms with Crippen molar-refractivity contribution in [2.24, 2.45) is 0 Å². The van der Waals surface area contributed by atoms with E-state index in [9.17, 15) is 0 Å². The zero-order valence-electron chi connectivity index (χ0n) is 12.0. The largest absolute Gasteiger partial charge is 0.384 e. The van der Waals surface area contributed by atoms with Gasteiger partial charge in [0.1, 0.15) is 5.82 Å². The molecule has 0 aliphatic heterocycles. The minimum Gasteiger partial charge on any atom is -0.384 e. The molecular weight excluding hydrogens is 248 g/mol. The summed E-state index contributed by atoms with van der Waals surface area (Å²) >= 11 is 0. The molecule has 4 nitrogen and oxygen atoms in total. The molecule has 4 heteroatoms. The standard InChI is InChI=1S/C16H18N4/c1-16(2,3)13-10-15-18-12(9-14(17)20(15)19-13)11-7-5-4-6-8-11/h4-10H,17H2,1-3H3. The van der Waals surface area contributed by atoms with Crippen LogP contribution in [0.3, 0.4) is 0 Å². The number of nitrogens with two attached hydrogens (primary N) is 1. The van der Waals surface area contributed by atoms with Gasteiger partial charge in [0.05, 0.1) is 11.4 Å². The molecule has 0 bridgehead atoms. The van der Waals surface area contributed by atoms with Gasteiger partial charge < -0.3 is 5.73 Å².